The molecule has 4 amide bonds. The molecule has 4 aliphatic rings. The van der Waals surface area contributed by atoms with Crippen molar-refractivity contribution < 1.29 is 28.7 Å². The minimum atomic E-state index is -0.848. The minimum Gasteiger partial charge on any atom is -0.488 e. The van der Waals surface area contributed by atoms with Crippen LogP contribution in [0.25, 0.3) is 33.6 Å². The Morgan fingerprint density at radius 2 is 0.986 bits per heavy atom. The number of ether oxygens (including phenoxy) is 2. The van der Waals surface area contributed by atoms with E-state index in [-0.39, 0.29) is 47.5 Å². The number of carbonyl (C=O) groups excluding carboxylic acids is 4. The lowest BCUT2D eigenvalue weighted by atomic mass is 9.87. The number of H-pyrrole nitrogens is 2. The van der Waals surface area contributed by atoms with Gasteiger partial charge in [0, 0.05) is 46.5 Å². The number of carbonyl (C=O) groups is 4. The maximum absolute atomic E-state index is 14.6. The number of benzene rings is 4. The molecule has 2 aromatic heterocycles. The van der Waals surface area contributed by atoms with Crippen LogP contribution in [0, 0.1) is 11.8 Å². The van der Waals surface area contributed by atoms with Crippen LogP contribution < -0.4 is 20.1 Å². The number of aromatic amines is 2. The van der Waals surface area contributed by atoms with E-state index < -0.39 is 24.2 Å². The summed E-state index contributed by atoms with van der Waals surface area (Å²) in [5, 5.41) is 6.24. The molecule has 4 aromatic carbocycles. The number of aromatic nitrogens is 4. The van der Waals surface area contributed by atoms with Crippen LogP contribution in [0.5, 0.6) is 11.5 Å². The Bertz CT molecular complexity index is 2770. The number of amides is 4. The first-order valence-corrected chi connectivity index (χ1v) is 26.0. The summed E-state index contributed by atoms with van der Waals surface area (Å²) < 4.78 is 13.1. The molecule has 0 radical (unpaired) electrons. The topological polar surface area (TPSA) is 181 Å². The molecule has 2 fully saturated rings. The Labute approximate surface area is 433 Å². The molecule has 4 N–H and O–H groups in total. The third-order valence-electron chi connectivity index (χ3n) is 15.1. The van der Waals surface area contributed by atoms with Crippen molar-refractivity contribution >= 4 is 23.6 Å². The quantitative estimate of drug-likeness (QED) is 0.0740. The van der Waals surface area contributed by atoms with Crippen molar-refractivity contribution in [1.29, 1.82) is 0 Å². The third-order valence-corrected chi connectivity index (χ3v) is 15.1. The molecule has 0 bridgehead atoms. The van der Waals surface area contributed by atoms with Crippen LogP contribution in [0.4, 0.5) is 0 Å². The summed E-state index contributed by atoms with van der Waals surface area (Å²) in [6, 6.07) is 24.2. The van der Waals surface area contributed by atoms with Crippen molar-refractivity contribution in [3.63, 3.8) is 0 Å². The summed E-state index contributed by atoms with van der Waals surface area (Å²) in [5.74, 6) is 2.30. The Morgan fingerprint density at radius 3 is 1.35 bits per heavy atom. The molecular formula is C58H68N10O6. The van der Waals surface area contributed by atoms with E-state index in [1.165, 1.54) is 0 Å². The van der Waals surface area contributed by atoms with Crippen LogP contribution in [-0.4, -0.2) is 117 Å². The van der Waals surface area contributed by atoms with Crippen LogP contribution in [0.3, 0.4) is 0 Å². The smallest absolute Gasteiger partial charge is 0.250 e. The lowest BCUT2D eigenvalue weighted by molar-refractivity contribution is -0.139. The van der Waals surface area contributed by atoms with Gasteiger partial charge in [-0.2, -0.15) is 0 Å². The SMILES string of the molecule is CC(C)C(C(=O)N[C@@H](C(=O)N1CCC[C@H]1c1ncc(-c2cc3c4c(c2)OCc2cc(-c5cnc([C@@H]6CCCN6C(=O)[C@H](NC(=O)[C@H](C(C)C)N(C)C)c6ccccc6)[nH]5)cc(c2-4)OC3)[nH]1)c1ccccc1)N(C)C. The van der Waals surface area contributed by atoms with Gasteiger partial charge in [0.05, 0.1) is 47.9 Å². The van der Waals surface area contributed by atoms with Gasteiger partial charge in [-0.1, -0.05) is 88.4 Å². The molecule has 16 nitrogen and oxygen atoms in total. The van der Waals surface area contributed by atoms with Gasteiger partial charge < -0.3 is 39.9 Å². The standard InChI is InChI=1S/C58H68N10O6/c1-33(2)51(65(5)6)55(69)63-49(35-17-11-9-12-18-35)57(71)67-23-15-21-43(67)53-59-29-41(61-53)37-25-39-31-74-46-28-38(26-40-32-73-45(27-37)47(39)48(40)46)42-30-60-54(62-42)44-22-16-24-68(44)58(72)50(36-19-13-10-14-20-36)64-56(70)52(34(3)4)66(7)8/h9-14,17-20,25-30,33-34,43-44,49-52H,15-16,21-24,31-32H2,1-8H3,(H,59,61)(H,60,62)(H,63,69)(H,64,70)/t43-,44-,49+,50+,51-,52?/m0/s1. The van der Waals surface area contributed by atoms with Crippen molar-refractivity contribution in [3.8, 4) is 45.1 Å². The van der Waals surface area contributed by atoms with Gasteiger partial charge in [-0.05, 0) is 101 Å². The van der Waals surface area contributed by atoms with E-state index in [4.69, 9.17) is 19.4 Å². The van der Waals surface area contributed by atoms with Crippen molar-refractivity contribution in [3.05, 3.63) is 131 Å². The monoisotopic (exact) mass is 1000 g/mol. The molecule has 6 heterocycles. The van der Waals surface area contributed by atoms with Crippen LogP contribution >= 0.6 is 0 Å². The molecule has 0 aliphatic carbocycles. The van der Waals surface area contributed by atoms with Crippen molar-refractivity contribution in [1.82, 2.24) is 50.2 Å². The first kappa shape index (κ1) is 50.2. The van der Waals surface area contributed by atoms with Gasteiger partial charge in [-0.25, -0.2) is 9.97 Å². The molecule has 386 valence electrons. The number of likely N-dealkylation sites (N-methyl/N-ethyl adjacent to an activating group) is 2. The average molecular weight is 1000 g/mol. The maximum atomic E-state index is 14.6. The van der Waals surface area contributed by atoms with Crippen LogP contribution in [-0.2, 0) is 32.4 Å². The normalized spacial score (nSPS) is 18.5. The number of likely N-dealkylation sites (tertiary alicyclic amines) is 2. The van der Waals surface area contributed by atoms with Crippen molar-refractivity contribution in [2.24, 2.45) is 11.8 Å². The van der Waals surface area contributed by atoms with E-state index in [0.29, 0.717) is 38.0 Å². The maximum Gasteiger partial charge on any atom is 0.250 e. The van der Waals surface area contributed by atoms with Gasteiger partial charge >= 0.3 is 0 Å². The predicted molar refractivity (Wildman–Crippen MR) is 282 cm³/mol. The van der Waals surface area contributed by atoms with Crippen LogP contribution in [0.2, 0.25) is 0 Å². The lowest BCUT2D eigenvalue weighted by Gasteiger charge is -2.32. The Kier molecular flexibility index (Phi) is 14.2. The van der Waals surface area contributed by atoms with E-state index >= 15 is 0 Å². The molecule has 4 aliphatic heterocycles. The van der Waals surface area contributed by atoms with Gasteiger partial charge in [-0.3, -0.25) is 29.0 Å². The first-order valence-electron chi connectivity index (χ1n) is 26.0. The van der Waals surface area contributed by atoms with E-state index in [2.05, 4.69) is 32.7 Å². The second-order valence-electron chi connectivity index (χ2n) is 21.3. The summed E-state index contributed by atoms with van der Waals surface area (Å²) in [5.41, 5.74) is 8.87. The number of rotatable bonds is 16. The highest BCUT2D eigenvalue weighted by Crippen LogP contribution is 2.51. The average Bonchev–Trinajstić information content (AvgIpc) is 4.24. The fourth-order valence-electron chi connectivity index (χ4n) is 11.8. The summed E-state index contributed by atoms with van der Waals surface area (Å²) in [6.07, 6.45) is 6.72. The molecule has 0 saturated carbocycles. The second kappa shape index (κ2) is 20.9. The second-order valence-corrected chi connectivity index (χ2v) is 21.3. The molecular weight excluding hydrogens is 933 g/mol. The molecule has 1 unspecified atom stereocenters. The summed E-state index contributed by atoms with van der Waals surface area (Å²) in [4.78, 5) is 80.9. The number of nitrogens with one attached hydrogen (secondary N) is 4. The molecule has 0 spiro atoms. The van der Waals surface area contributed by atoms with E-state index in [1.807, 2.05) is 161 Å². The number of hydrogen-bond donors (Lipinski definition) is 4. The van der Waals surface area contributed by atoms with Gasteiger partial charge in [-0.15, -0.1) is 0 Å². The third kappa shape index (κ3) is 9.68. The van der Waals surface area contributed by atoms with Gasteiger partial charge in [0.25, 0.3) is 0 Å². The summed E-state index contributed by atoms with van der Waals surface area (Å²) in [7, 11) is 7.53. The van der Waals surface area contributed by atoms with E-state index in [9.17, 15) is 19.2 Å². The predicted octanol–water partition coefficient (Wildman–Crippen LogP) is 8.13. The van der Waals surface area contributed by atoms with Gasteiger partial charge in [0.1, 0.15) is 48.4 Å². The Balaban J connectivity index is 0.866. The molecule has 16 heteroatoms. The summed E-state index contributed by atoms with van der Waals surface area (Å²) in [6.45, 7) is 9.80. The zero-order chi connectivity index (χ0) is 51.9. The van der Waals surface area contributed by atoms with Crippen molar-refractivity contribution in [2.45, 2.75) is 103 Å². The fourth-order valence-corrected chi connectivity index (χ4v) is 11.8. The molecule has 6 atom stereocenters. The molecule has 74 heavy (non-hydrogen) atoms. The number of hydrogen-bond acceptors (Lipinski definition) is 10. The molecule has 10 rings (SSSR count). The number of nitrogens with zero attached hydrogens (tertiary/aromatic N) is 6. The molecule has 2 saturated heterocycles. The lowest BCUT2D eigenvalue weighted by Crippen LogP contribution is -2.51. The van der Waals surface area contributed by atoms with E-state index in [0.717, 1.165) is 93.1 Å². The van der Waals surface area contributed by atoms with Gasteiger partial charge in [0.2, 0.25) is 23.6 Å². The summed E-state index contributed by atoms with van der Waals surface area (Å²) >= 11 is 0. The van der Waals surface area contributed by atoms with Gasteiger partial charge in [0.15, 0.2) is 0 Å². The zero-order valence-corrected chi connectivity index (χ0v) is 43.6. The fraction of sp³-hybridized carbons (Fsp3) is 0.414. The minimum absolute atomic E-state index is 0.0470. The first-order chi connectivity index (χ1) is 35.7. The highest BCUT2D eigenvalue weighted by molar-refractivity contribution is 5.93. The van der Waals surface area contributed by atoms with E-state index in [1.54, 1.807) is 0 Å². The Morgan fingerprint density at radius 1 is 0.595 bits per heavy atom. The highest BCUT2D eigenvalue weighted by Gasteiger charge is 2.41. The zero-order valence-electron chi connectivity index (χ0n) is 43.6. The van der Waals surface area contributed by atoms with Crippen molar-refractivity contribution in [2.75, 3.05) is 41.3 Å². The number of imidazole rings is 2. The highest BCUT2D eigenvalue weighted by atomic mass is 16.5. The Hall–Kier alpha value is -7.30. The van der Waals surface area contributed by atoms with Crippen LogP contribution in [0.15, 0.2) is 97.3 Å². The largest absolute Gasteiger partial charge is 0.488 e. The molecule has 6 aromatic rings. The van der Waals surface area contributed by atoms with Crippen LogP contribution in [0.1, 0.15) is 111 Å².